The molecule has 0 spiro atoms. The fourth-order valence-corrected chi connectivity index (χ4v) is 3.03. The molecule has 0 unspecified atom stereocenters. The number of hydrogen-bond donors (Lipinski definition) is 0. The second kappa shape index (κ2) is 21.2. The van der Waals surface area contributed by atoms with Crippen molar-refractivity contribution in [1.29, 1.82) is 0 Å². The highest BCUT2D eigenvalue weighted by Gasteiger charge is 1.94. The molecule has 134 valence electrons. The Bertz CT molecular complexity index is 165. The third kappa shape index (κ3) is 20.2. The van der Waals surface area contributed by atoms with E-state index in [1.165, 1.54) is 96.3 Å². The van der Waals surface area contributed by atoms with Gasteiger partial charge in [0, 0.05) is 19.1 Å². The van der Waals surface area contributed by atoms with Crippen LogP contribution in [0.2, 0.25) is 0 Å². The molecule has 0 aromatic carbocycles. The van der Waals surface area contributed by atoms with Crippen LogP contribution in [0.1, 0.15) is 110 Å². The molecule has 0 saturated heterocycles. The van der Waals surface area contributed by atoms with Gasteiger partial charge in [-0.3, -0.25) is 0 Å². The number of rotatable bonds is 19. The average Bonchev–Trinajstić information content (AvgIpc) is 2.54. The zero-order valence-electron chi connectivity index (χ0n) is 15.2. The minimum atomic E-state index is 0.840. The van der Waals surface area contributed by atoms with Crippen LogP contribution in [-0.2, 0) is 4.74 Å². The summed E-state index contributed by atoms with van der Waals surface area (Å²) in [6, 6.07) is 0. The fraction of sp³-hybridized carbons (Fsp3) is 1.00. The Morgan fingerprint density at radius 1 is 0.500 bits per heavy atom. The summed E-state index contributed by atoms with van der Waals surface area (Å²) >= 11 is 5.67. The molecule has 0 aliphatic carbocycles. The molecule has 1 nitrogen and oxygen atoms in total. The van der Waals surface area contributed by atoms with Crippen LogP contribution in [0.25, 0.3) is 0 Å². The van der Waals surface area contributed by atoms with E-state index in [0.29, 0.717) is 0 Å². The molecule has 0 heterocycles. The molecule has 0 radical (unpaired) electrons. The van der Waals surface area contributed by atoms with Crippen molar-refractivity contribution in [3.63, 3.8) is 0 Å². The van der Waals surface area contributed by atoms with Gasteiger partial charge in [-0.15, -0.1) is 11.6 Å². The van der Waals surface area contributed by atoms with Crippen LogP contribution in [0, 0.1) is 0 Å². The quantitative estimate of drug-likeness (QED) is 0.176. The highest BCUT2D eigenvalue weighted by molar-refractivity contribution is 6.17. The second-order valence-electron chi connectivity index (χ2n) is 6.60. The molecule has 22 heavy (non-hydrogen) atoms. The topological polar surface area (TPSA) is 9.23 Å². The average molecular weight is 333 g/mol. The van der Waals surface area contributed by atoms with E-state index in [1.54, 1.807) is 0 Å². The first-order chi connectivity index (χ1) is 10.9. The third-order valence-electron chi connectivity index (χ3n) is 4.27. The summed E-state index contributed by atoms with van der Waals surface area (Å²) in [5.74, 6) is 0.840. The summed E-state index contributed by atoms with van der Waals surface area (Å²) in [6.07, 6.45) is 22.0. The first-order valence-electron chi connectivity index (χ1n) is 10.1. The summed E-state index contributed by atoms with van der Waals surface area (Å²) in [7, 11) is 0. The highest BCUT2D eigenvalue weighted by Crippen LogP contribution is 2.13. The van der Waals surface area contributed by atoms with Crippen molar-refractivity contribution in [2.45, 2.75) is 110 Å². The van der Waals surface area contributed by atoms with Crippen molar-refractivity contribution in [3.8, 4) is 0 Å². The largest absolute Gasteiger partial charge is 0.381 e. The zero-order chi connectivity index (χ0) is 16.1. The lowest BCUT2D eigenvalue weighted by Gasteiger charge is -2.04. The molecule has 0 aliphatic heterocycles. The van der Waals surface area contributed by atoms with E-state index in [0.717, 1.165) is 25.5 Å². The number of hydrogen-bond acceptors (Lipinski definition) is 1. The van der Waals surface area contributed by atoms with Gasteiger partial charge in [0.15, 0.2) is 0 Å². The summed E-state index contributed by atoms with van der Waals surface area (Å²) in [6.45, 7) is 4.08. The highest BCUT2D eigenvalue weighted by atomic mass is 35.5. The van der Waals surface area contributed by atoms with Crippen molar-refractivity contribution >= 4 is 11.6 Å². The van der Waals surface area contributed by atoms with Gasteiger partial charge in [-0.25, -0.2) is 0 Å². The van der Waals surface area contributed by atoms with Gasteiger partial charge < -0.3 is 4.74 Å². The van der Waals surface area contributed by atoms with Crippen molar-refractivity contribution in [1.82, 2.24) is 0 Å². The molecule has 0 amide bonds. The van der Waals surface area contributed by atoms with Gasteiger partial charge in [-0.1, -0.05) is 90.4 Å². The predicted molar refractivity (Wildman–Crippen MR) is 101 cm³/mol. The molecular formula is C20H41ClO. The first-order valence-corrected chi connectivity index (χ1v) is 10.6. The molecule has 0 atom stereocenters. The van der Waals surface area contributed by atoms with Crippen LogP contribution < -0.4 is 0 Å². The second-order valence-corrected chi connectivity index (χ2v) is 6.98. The normalized spacial score (nSPS) is 11.2. The maximum Gasteiger partial charge on any atom is 0.0466 e. The molecule has 0 aromatic rings. The number of alkyl halides is 1. The number of unbranched alkanes of at least 4 members (excludes halogenated alkanes) is 14. The van der Waals surface area contributed by atoms with Crippen LogP contribution in [-0.4, -0.2) is 19.1 Å². The molecule has 0 N–H and O–H groups in total. The van der Waals surface area contributed by atoms with Gasteiger partial charge in [-0.2, -0.15) is 0 Å². The van der Waals surface area contributed by atoms with E-state index >= 15 is 0 Å². The summed E-state index contributed by atoms with van der Waals surface area (Å²) in [4.78, 5) is 0. The molecule has 0 saturated carbocycles. The van der Waals surface area contributed by atoms with Gasteiger partial charge in [0.25, 0.3) is 0 Å². The van der Waals surface area contributed by atoms with Crippen LogP contribution in [0.5, 0.6) is 0 Å². The summed E-state index contributed by atoms with van der Waals surface area (Å²) in [5, 5.41) is 0. The SMILES string of the molecule is CCCOCCCCCCCCCCCCCCCCCCl. The van der Waals surface area contributed by atoms with E-state index in [4.69, 9.17) is 16.3 Å². The predicted octanol–water partition coefficient (Wildman–Crippen LogP) is 7.50. The van der Waals surface area contributed by atoms with E-state index in [1.807, 2.05) is 0 Å². The fourth-order valence-electron chi connectivity index (χ4n) is 2.84. The Morgan fingerprint density at radius 2 is 0.864 bits per heavy atom. The Morgan fingerprint density at radius 3 is 1.23 bits per heavy atom. The molecular weight excluding hydrogens is 292 g/mol. The third-order valence-corrected chi connectivity index (χ3v) is 4.54. The van der Waals surface area contributed by atoms with E-state index < -0.39 is 0 Å². The van der Waals surface area contributed by atoms with Crippen molar-refractivity contribution in [3.05, 3.63) is 0 Å². The lowest BCUT2D eigenvalue weighted by atomic mass is 10.0. The Hall–Kier alpha value is 0.250. The number of halogens is 1. The minimum Gasteiger partial charge on any atom is -0.381 e. The standard InChI is InChI=1S/C20H41ClO/c1-2-19-22-20-17-15-13-11-9-7-5-3-4-6-8-10-12-14-16-18-21/h2-20H2,1H3. The van der Waals surface area contributed by atoms with Crippen LogP contribution in [0.3, 0.4) is 0 Å². The molecule has 0 aliphatic rings. The lowest BCUT2D eigenvalue weighted by Crippen LogP contribution is -1.95. The molecule has 0 aromatic heterocycles. The molecule has 0 fully saturated rings. The van der Waals surface area contributed by atoms with Gasteiger partial charge in [0.1, 0.15) is 0 Å². The smallest absolute Gasteiger partial charge is 0.0466 e. The van der Waals surface area contributed by atoms with Gasteiger partial charge in [0.05, 0.1) is 0 Å². The molecule has 2 heteroatoms. The van der Waals surface area contributed by atoms with Crippen LogP contribution >= 0.6 is 11.6 Å². The van der Waals surface area contributed by atoms with Crippen molar-refractivity contribution < 1.29 is 4.74 Å². The van der Waals surface area contributed by atoms with E-state index in [2.05, 4.69) is 6.92 Å². The minimum absolute atomic E-state index is 0.840. The van der Waals surface area contributed by atoms with Crippen LogP contribution in [0.15, 0.2) is 0 Å². The van der Waals surface area contributed by atoms with Gasteiger partial charge >= 0.3 is 0 Å². The molecule has 0 rings (SSSR count). The van der Waals surface area contributed by atoms with E-state index in [9.17, 15) is 0 Å². The van der Waals surface area contributed by atoms with Gasteiger partial charge in [-0.05, 0) is 19.3 Å². The Labute approximate surface area is 145 Å². The van der Waals surface area contributed by atoms with Gasteiger partial charge in [0.2, 0.25) is 0 Å². The first kappa shape index (κ1) is 22.2. The van der Waals surface area contributed by atoms with Crippen molar-refractivity contribution in [2.24, 2.45) is 0 Å². The van der Waals surface area contributed by atoms with Crippen molar-refractivity contribution in [2.75, 3.05) is 19.1 Å². The monoisotopic (exact) mass is 332 g/mol. The number of ether oxygens (including phenoxy) is 1. The zero-order valence-corrected chi connectivity index (χ0v) is 16.0. The maximum atomic E-state index is 5.67. The molecule has 0 bridgehead atoms. The lowest BCUT2D eigenvalue weighted by molar-refractivity contribution is 0.130. The Kier molecular flexibility index (Phi) is 21.5. The van der Waals surface area contributed by atoms with E-state index in [-0.39, 0.29) is 0 Å². The Balaban J connectivity index is 2.91. The summed E-state index contributed by atoms with van der Waals surface area (Å²) < 4.78 is 5.50. The summed E-state index contributed by atoms with van der Waals surface area (Å²) in [5.41, 5.74) is 0. The van der Waals surface area contributed by atoms with Crippen LogP contribution in [0.4, 0.5) is 0 Å². The maximum absolute atomic E-state index is 5.67.